The molecule has 1 aliphatic heterocycles. The first kappa shape index (κ1) is 22.1. The highest BCUT2D eigenvalue weighted by Crippen LogP contribution is 2.39. The number of nitrogens with zero attached hydrogens (tertiary/aromatic N) is 1. The van der Waals surface area contributed by atoms with Gasteiger partial charge in [0, 0.05) is 30.8 Å². The number of ketones is 1. The van der Waals surface area contributed by atoms with Crippen molar-refractivity contribution in [2.45, 2.75) is 32.2 Å². The molecule has 2 aromatic rings. The maximum absolute atomic E-state index is 12.9. The van der Waals surface area contributed by atoms with Gasteiger partial charge < -0.3 is 14.7 Å². The second kappa shape index (κ2) is 9.45. The van der Waals surface area contributed by atoms with E-state index in [1.807, 2.05) is 24.3 Å². The fraction of sp³-hybridized carbons (Fsp3) is 0.333. The summed E-state index contributed by atoms with van der Waals surface area (Å²) in [4.78, 5) is 27.3. The summed E-state index contributed by atoms with van der Waals surface area (Å²) >= 11 is 5.95. The number of amides is 1. The van der Waals surface area contributed by atoms with Crippen LogP contribution in [0.1, 0.15) is 48.9 Å². The molecule has 1 N–H and O–H groups in total. The van der Waals surface area contributed by atoms with Gasteiger partial charge in [-0.2, -0.15) is 0 Å². The van der Waals surface area contributed by atoms with E-state index in [2.05, 4.69) is 13.8 Å². The van der Waals surface area contributed by atoms with Gasteiger partial charge in [0.1, 0.15) is 5.76 Å². The Bertz CT molecular complexity index is 948. The van der Waals surface area contributed by atoms with E-state index >= 15 is 0 Å². The summed E-state index contributed by atoms with van der Waals surface area (Å²) in [5.41, 5.74) is 2.48. The maximum atomic E-state index is 12.9. The van der Waals surface area contributed by atoms with Crippen molar-refractivity contribution in [3.8, 4) is 0 Å². The maximum Gasteiger partial charge on any atom is 0.295 e. The van der Waals surface area contributed by atoms with E-state index in [9.17, 15) is 14.7 Å². The molecule has 5 nitrogen and oxygen atoms in total. The first-order valence-electron chi connectivity index (χ1n) is 9.98. The molecule has 3 rings (SSSR count). The van der Waals surface area contributed by atoms with Gasteiger partial charge in [-0.1, -0.05) is 49.7 Å². The molecular weight excluding hydrogens is 402 g/mol. The zero-order valence-corrected chi connectivity index (χ0v) is 18.1. The Morgan fingerprint density at radius 1 is 1.10 bits per heavy atom. The van der Waals surface area contributed by atoms with E-state index in [1.165, 1.54) is 4.90 Å². The molecule has 158 valence electrons. The number of halogens is 1. The average molecular weight is 428 g/mol. The van der Waals surface area contributed by atoms with Gasteiger partial charge >= 0.3 is 0 Å². The molecule has 1 aliphatic rings. The molecule has 1 saturated heterocycles. The number of carbonyl (C=O) groups excluding carboxylic acids is 2. The molecule has 0 radical (unpaired) electrons. The quantitative estimate of drug-likeness (QED) is 0.294. The number of benzene rings is 2. The van der Waals surface area contributed by atoms with Crippen LogP contribution in [0, 0.1) is 0 Å². The van der Waals surface area contributed by atoms with Gasteiger partial charge in [-0.05, 0) is 47.7 Å². The van der Waals surface area contributed by atoms with Crippen LogP contribution in [0.2, 0.25) is 5.02 Å². The molecule has 1 atom stereocenters. The zero-order valence-electron chi connectivity index (χ0n) is 17.4. The van der Waals surface area contributed by atoms with Crippen molar-refractivity contribution in [3.05, 3.63) is 75.8 Å². The lowest BCUT2D eigenvalue weighted by Crippen LogP contribution is -2.31. The number of carbonyl (C=O) groups is 2. The SMILES string of the molecule is COCCCN1C(=O)C(=O)/C(=C(/O)c2ccc(Cl)cc2)[C@@H]1c1ccc(C(C)C)cc1. The molecule has 2 aromatic carbocycles. The Morgan fingerprint density at radius 3 is 2.30 bits per heavy atom. The number of aliphatic hydroxyl groups is 1. The van der Waals surface area contributed by atoms with Gasteiger partial charge in [-0.25, -0.2) is 0 Å². The van der Waals surface area contributed by atoms with Crippen LogP contribution in [0.25, 0.3) is 5.76 Å². The molecule has 1 fully saturated rings. The summed E-state index contributed by atoms with van der Waals surface area (Å²) in [6, 6.07) is 13.7. The monoisotopic (exact) mass is 427 g/mol. The minimum Gasteiger partial charge on any atom is -0.507 e. The fourth-order valence-electron chi connectivity index (χ4n) is 3.66. The first-order chi connectivity index (χ1) is 14.3. The molecule has 6 heteroatoms. The zero-order chi connectivity index (χ0) is 21.8. The van der Waals surface area contributed by atoms with E-state index in [-0.39, 0.29) is 11.3 Å². The van der Waals surface area contributed by atoms with Crippen LogP contribution in [0.4, 0.5) is 0 Å². The van der Waals surface area contributed by atoms with Crippen LogP contribution < -0.4 is 0 Å². The van der Waals surface area contributed by atoms with Gasteiger partial charge in [0.25, 0.3) is 11.7 Å². The van der Waals surface area contributed by atoms with Crippen molar-refractivity contribution in [1.29, 1.82) is 0 Å². The van der Waals surface area contributed by atoms with Crippen LogP contribution in [-0.2, 0) is 14.3 Å². The smallest absolute Gasteiger partial charge is 0.295 e. The third-order valence-electron chi connectivity index (χ3n) is 5.32. The van der Waals surface area contributed by atoms with Crippen molar-refractivity contribution in [2.24, 2.45) is 0 Å². The molecule has 0 aliphatic carbocycles. The third-order valence-corrected chi connectivity index (χ3v) is 5.58. The van der Waals surface area contributed by atoms with Crippen molar-refractivity contribution in [3.63, 3.8) is 0 Å². The van der Waals surface area contributed by atoms with E-state index < -0.39 is 17.7 Å². The molecular formula is C24H26ClNO4. The van der Waals surface area contributed by atoms with Crippen LogP contribution >= 0.6 is 11.6 Å². The molecule has 0 saturated carbocycles. The molecule has 30 heavy (non-hydrogen) atoms. The topological polar surface area (TPSA) is 66.8 Å². The Hall–Kier alpha value is -2.63. The standard InChI is InChI=1S/C24H26ClNO4/c1-15(2)16-5-7-17(8-6-16)21-20(22(27)18-9-11-19(25)12-10-18)23(28)24(29)26(21)13-4-14-30-3/h5-12,15,21,27H,4,13-14H2,1-3H3/b22-20+/t21-/m0/s1. The normalized spacial score (nSPS) is 18.4. The van der Waals surface area contributed by atoms with Gasteiger partial charge in [-0.3, -0.25) is 9.59 Å². The van der Waals surface area contributed by atoms with E-state index in [1.54, 1.807) is 31.4 Å². The molecule has 0 aromatic heterocycles. The Labute approximate surface area is 181 Å². The van der Waals surface area contributed by atoms with Crippen LogP contribution in [-0.4, -0.2) is 42.0 Å². The fourth-order valence-corrected chi connectivity index (χ4v) is 3.79. The molecule has 0 bridgehead atoms. The van der Waals surface area contributed by atoms with Crippen LogP contribution in [0.5, 0.6) is 0 Å². The van der Waals surface area contributed by atoms with Crippen molar-refractivity contribution in [2.75, 3.05) is 20.3 Å². The minimum atomic E-state index is -0.683. The summed E-state index contributed by atoms with van der Waals surface area (Å²) in [6.07, 6.45) is 0.588. The highest BCUT2D eigenvalue weighted by Gasteiger charge is 2.45. The van der Waals surface area contributed by atoms with Gasteiger partial charge in [-0.15, -0.1) is 0 Å². The van der Waals surface area contributed by atoms with Gasteiger partial charge in [0.2, 0.25) is 0 Å². The second-order valence-corrected chi connectivity index (χ2v) is 8.10. The Balaban J connectivity index is 2.10. The average Bonchev–Trinajstić information content (AvgIpc) is 2.99. The number of Topliss-reactive ketones (excluding diaryl/α,β-unsaturated/α-hetero) is 1. The summed E-state index contributed by atoms with van der Waals surface area (Å²) in [6.45, 7) is 5.03. The summed E-state index contributed by atoms with van der Waals surface area (Å²) in [5.74, 6) is -1.13. The van der Waals surface area contributed by atoms with E-state index in [0.717, 1.165) is 11.1 Å². The predicted molar refractivity (Wildman–Crippen MR) is 117 cm³/mol. The molecule has 1 heterocycles. The van der Waals surface area contributed by atoms with Crippen molar-refractivity contribution >= 4 is 29.1 Å². The lowest BCUT2D eigenvalue weighted by molar-refractivity contribution is -0.140. The number of methoxy groups -OCH3 is 1. The second-order valence-electron chi connectivity index (χ2n) is 7.67. The number of ether oxygens (including phenoxy) is 1. The molecule has 1 amide bonds. The highest BCUT2D eigenvalue weighted by atomic mass is 35.5. The number of rotatable bonds is 7. The number of hydrogen-bond donors (Lipinski definition) is 1. The van der Waals surface area contributed by atoms with Gasteiger partial charge in [0.15, 0.2) is 0 Å². The highest BCUT2D eigenvalue weighted by molar-refractivity contribution is 6.46. The predicted octanol–water partition coefficient (Wildman–Crippen LogP) is 4.92. The number of likely N-dealkylation sites (tertiary alicyclic amines) is 1. The van der Waals surface area contributed by atoms with E-state index in [4.69, 9.17) is 16.3 Å². The molecule has 0 spiro atoms. The van der Waals surface area contributed by atoms with Gasteiger partial charge in [0.05, 0.1) is 11.6 Å². The lowest BCUT2D eigenvalue weighted by Gasteiger charge is -2.25. The lowest BCUT2D eigenvalue weighted by atomic mass is 9.93. The van der Waals surface area contributed by atoms with Crippen molar-refractivity contribution in [1.82, 2.24) is 4.90 Å². The van der Waals surface area contributed by atoms with Crippen LogP contribution in [0.3, 0.4) is 0 Å². The minimum absolute atomic E-state index is 0.0945. The Kier molecular flexibility index (Phi) is 6.95. The summed E-state index contributed by atoms with van der Waals surface area (Å²) < 4.78 is 5.10. The first-order valence-corrected chi connectivity index (χ1v) is 10.4. The summed E-state index contributed by atoms with van der Waals surface area (Å²) in [7, 11) is 1.59. The third kappa shape index (κ3) is 4.42. The van der Waals surface area contributed by atoms with Crippen molar-refractivity contribution < 1.29 is 19.4 Å². The molecule has 0 unspecified atom stereocenters. The number of aliphatic hydroxyl groups excluding tert-OH is 1. The summed E-state index contributed by atoms with van der Waals surface area (Å²) in [5, 5.41) is 11.5. The largest absolute Gasteiger partial charge is 0.507 e. The van der Waals surface area contributed by atoms with E-state index in [0.29, 0.717) is 36.1 Å². The Morgan fingerprint density at radius 2 is 1.73 bits per heavy atom. The number of hydrogen-bond acceptors (Lipinski definition) is 4. The van der Waals surface area contributed by atoms with Crippen LogP contribution in [0.15, 0.2) is 54.1 Å².